The topological polar surface area (TPSA) is 61.8 Å². The molecule has 1 aliphatic heterocycles. The van der Waals surface area contributed by atoms with Crippen LogP contribution in [0.25, 0.3) is 0 Å². The first-order valence-corrected chi connectivity index (χ1v) is 9.50. The molecule has 1 N–H and O–H groups in total. The predicted molar refractivity (Wildman–Crippen MR) is 97.0 cm³/mol. The van der Waals surface area contributed by atoms with Crippen LogP contribution in [0.4, 0.5) is 5.69 Å². The van der Waals surface area contributed by atoms with Gasteiger partial charge in [-0.25, -0.2) is 4.83 Å². The molecule has 3 rings (SSSR count). The third-order valence-electron chi connectivity index (χ3n) is 4.09. The molecule has 2 aromatic rings. The number of anilines is 1. The molecule has 0 aromatic heterocycles. The molecule has 0 spiro atoms. The summed E-state index contributed by atoms with van der Waals surface area (Å²) in [7, 11) is -3.64. The lowest BCUT2D eigenvalue weighted by Gasteiger charge is -2.19. The zero-order valence-corrected chi connectivity index (χ0v) is 14.5. The molecule has 1 fully saturated rings. The summed E-state index contributed by atoms with van der Waals surface area (Å²) >= 11 is 0. The quantitative estimate of drug-likeness (QED) is 0.671. The number of aryl methyl sites for hydroxylation is 1. The third-order valence-corrected chi connectivity index (χ3v) is 5.33. The van der Waals surface area contributed by atoms with Crippen LogP contribution in [0.1, 0.15) is 24.0 Å². The van der Waals surface area contributed by atoms with Gasteiger partial charge in [-0.05, 0) is 38.0 Å². The van der Waals surface area contributed by atoms with Gasteiger partial charge < -0.3 is 4.90 Å². The molecule has 5 nitrogen and oxygen atoms in total. The van der Waals surface area contributed by atoms with E-state index in [-0.39, 0.29) is 4.90 Å². The van der Waals surface area contributed by atoms with Crippen LogP contribution < -0.4 is 9.73 Å². The SMILES string of the molecule is Cc1ccc(S(=O)(=O)N/N=C/c2ccccc2N2CCCC2)cc1. The van der Waals surface area contributed by atoms with Crippen LogP contribution in [0.2, 0.25) is 0 Å². The Kier molecular flexibility index (Phi) is 4.85. The first-order valence-electron chi connectivity index (χ1n) is 8.02. The number of benzene rings is 2. The van der Waals surface area contributed by atoms with Crippen molar-refractivity contribution in [2.45, 2.75) is 24.7 Å². The van der Waals surface area contributed by atoms with Gasteiger partial charge >= 0.3 is 0 Å². The monoisotopic (exact) mass is 343 g/mol. The van der Waals surface area contributed by atoms with Gasteiger partial charge in [0.2, 0.25) is 0 Å². The number of para-hydroxylation sites is 1. The lowest BCUT2D eigenvalue weighted by molar-refractivity contribution is 0.584. The van der Waals surface area contributed by atoms with Crippen molar-refractivity contribution in [1.29, 1.82) is 0 Å². The van der Waals surface area contributed by atoms with Crippen molar-refractivity contribution in [2.24, 2.45) is 5.10 Å². The minimum atomic E-state index is -3.64. The first kappa shape index (κ1) is 16.5. The van der Waals surface area contributed by atoms with Gasteiger partial charge in [0.25, 0.3) is 10.0 Å². The Morgan fingerprint density at radius 3 is 2.42 bits per heavy atom. The maximum atomic E-state index is 12.2. The summed E-state index contributed by atoms with van der Waals surface area (Å²) in [6.07, 6.45) is 3.94. The summed E-state index contributed by atoms with van der Waals surface area (Å²) in [5, 5.41) is 3.95. The fraction of sp³-hybridized carbons (Fsp3) is 0.278. The number of hydrogen-bond acceptors (Lipinski definition) is 4. The van der Waals surface area contributed by atoms with Gasteiger partial charge in [-0.3, -0.25) is 0 Å². The second kappa shape index (κ2) is 7.05. The van der Waals surface area contributed by atoms with Crippen LogP contribution in [0.15, 0.2) is 58.5 Å². The molecule has 0 aliphatic carbocycles. The lowest BCUT2D eigenvalue weighted by Crippen LogP contribution is -2.20. The van der Waals surface area contributed by atoms with Gasteiger partial charge in [0.15, 0.2) is 0 Å². The molecule has 1 aliphatic rings. The molecule has 24 heavy (non-hydrogen) atoms. The fourth-order valence-electron chi connectivity index (χ4n) is 2.78. The highest BCUT2D eigenvalue weighted by Gasteiger charge is 2.15. The molecule has 0 atom stereocenters. The molecule has 0 amide bonds. The van der Waals surface area contributed by atoms with Crippen molar-refractivity contribution < 1.29 is 8.42 Å². The van der Waals surface area contributed by atoms with E-state index in [1.807, 2.05) is 31.2 Å². The van der Waals surface area contributed by atoms with Crippen LogP contribution >= 0.6 is 0 Å². The Morgan fingerprint density at radius 1 is 1.04 bits per heavy atom. The van der Waals surface area contributed by atoms with E-state index in [0.29, 0.717) is 0 Å². The minimum Gasteiger partial charge on any atom is -0.371 e. The molecule has 1 heterocycles. The van der Waals surface area contributed by atoms with E-state index >= 15 is 0 Å². The lowest BCUT2D eigenvalue weighted by atomic mass is 10.2. The number of nitrogens with zero attached hydrogens (tertiary/aromatic N) is 2. The normalized spacial score (nSPS) is 15.1. The Bertz CT molecular complexity index is 824. The van der Waals surface area contributed by atoms with E-state index in [4.69, 9.17) is 0 Å². The van der Waals surface area contributed by atoms with Crippen LogP contribution in [-0.2, 0) is 10.0 Å². The van der Waals surface area contributed by atoms with Gasteiger partial charge in [0, 0.05) is 24.3 Å². The summed E-state index contributed by atoms with van der Waals surface area (Å²) in [5.41, 5.74) is 3.01. The molecular weight excluding hydrogens is 322 g/mol. The predicted octanol–water partition coefficient (Wildman–Crippen LogP) is 2.91. The van der Waals surface area contributed by atoms with E-state index in [1.165, 1.54) is 12.8 Å². The van der Waals surface area contributed by atoms with Gasteiger partial charge in [0.05, 0.1) is 11.1 Å². The number of nitrogens with one attached hydrogen (secondary N) is 1. The van der Waals surface area contributed by atoms with E-state index in [9.17, 15) is 8.42 Å². The molecule has 2 aromatic carbocycles. The van der Waals surface area contributed by atoms with Gasteiger partial charge in [-0.2, -0.15) is 13.5 Å². The van der Waals surface area contributed by atoms with Crippen molar-refractivity contribution in [2.75, 3.05) is 18.0 Å². The summed E-state index contributed by atoms with van der Waals surface area (Å²) in [4.78, 5) is 4.79. The number of hydrogen-bond donors (Lipinski definition) is 1. The van der Waals surface area contributed by atoms with E-state index < -0.39 is 10.0 Å². The highest BCUT2D eigenvalue weighted by molar-refractivity contribution is 7.89. The highest BCUT2D eigenvalue weighted by Crippen LogP contribution is 2.23. The molecular formula is C18H21N3O2S. The third kappa shape index (κ3) is 3.76. The Morgan fingerprint density at radius 2 is 1.71 bits per heavy atom. The summed E-state index contributed by atoms with van der Waals surface area (Å²) < 4.78 is 24.5. The summed E-state index contributed by atoms with van der Waals surface area (Å²) in [5.74, 6) is 0. The van der Waals surface area contributed by atoms with Gasteiger partial charge in [-0.1, -0.05) is 35.9 Å². The van der Waals surface area contributed by atoms with Crippen LogP contribution in [0, 0.1) is 6.92 Å². The van der Waals surface area contributed by atoms with Gasteiger partial charge in [0.1, 0.15) is 0 Å². The van der Waals surface area contributed by atoms with Crippen molar-refractivity contribution in [3.05, 3.63) is 59.7 Å². The first-order chi connectivity index (χ1) is 11.6. The van der Waals surface area contributed by atoms with E-state index in [1.54, 1.807) is 30.5 Å². The zero-order valence-electron chi connectivity index (χ0n) is 13.6. The highest BCUT2D eigenvalue weighted by atomic mass is 32.2. The smallest absolute Gasteiger partial charge is 0.276 e. The van der Waals surface area contributed by atoms with Crippen LogP contribution in [0.3, 0.4) is 0 Å². The van der Waals surface area contributed by atoms with Crippen LogP contribution in [-0.4, -0.2) is 27.7 Å². The Labute approximate surface area is 143 Å². The fourth-order valence-corrected chi connectivity index (χ4v) is 3.57. The van der Waals surface area contributed by atoms with Crippen molar-refractivity contribution in [1.82, 2.24) is 4.83 Å². The largest absolute Gasteiger partial charge is 0.371 e. The van der Waals surface area contributed by atoms with Crippen LogP contribution in [0.5, 0.6) is 0 Å². The van der Waals surface area contributed by atoms with E-state index in [0.717, 1.165) is 29.9 Å². The maximum absolute atomic E-state index is 12.2. The standard InChI is InChI=1S/C18H21N3O2S/c1-15-8-10-17(11-9-15)24(22,23)20-19-14-16-6-2-3-7-18(16)21-12-4-5-13-21/h2-3,6-11,14,20H,4-5,12-13H2,1H3/b19-14+. The molecule has 6 heteroatoms. The number of sulfonamides is 1. The molecule has 0 unspecified atom stereocenters. The minimum absolute atomic E-state index is 0.207. The second-order valence-electron chi connectivity index (χ2n) is 5.92. The average Bonchev–Trinajstić information content (AvgIpc) is 3.10. The molecule has 0 bridgehead atoms. The number of hydrazone groups is 1. The average molecular weight is 343 g/mol. The molecule has 126 valence electrons. The molecule has 1 saturated heterocycles. The second-order valence-corrected chi connectivity index (χ2v) is 7.58. The Hall–Kier alpha value is -2.34. The summed E-state index contributed by atoms with van der Waals surface area (Å²) in [6.45, 7) is 3.97. The van der Waals surface area contributed by atoms with Crippen molar-refractivity contribution in [3.8, 4) is 0 Å². The Balaban J connectivity index is 1.76. The molecule has 0 radical (unpaired) electrons. The molecule has 0 saturated carbocycles. The summed E-state index contributed by atoms with van der Waals surface area (Å²) in [6, 6.07) is 14.6. The zero-order chi connectivity index (χ0) is 17.0. The van der Waals surface area contributed by atoms with Crippen molar-refractivity contribution in [3.63, 3.8) is 0 Å². The van der Waals surface area contributed by atoms with E-state index in [2.05, 4.69) is 14.8 Å². The van der Waals surface area contributed by atoms with Crippen molar-refractivity contribution >= 4 is 21.9 Å². The van der Waals surface area contributed by atoms with Gasteiger partial charge in [-0.15, -0.1) is 0 Å². The maximum Gasteiger partial charge on any atom is 0.276 e. The number of rotatable bonds is 5.